The van der Waals surface area contributed by atoms with Gasteiger partial charge in [-0.3, -0.25) is 0 Å². The lowest BCUT2D eigenvalue weighted by molar-refractivity contribution is 0.0182. The molecule has 0 spiro atoms. The van der Waals surface area contributed by atoms with Gasteiger partial charge in [-0.2, -0.15) is 0 Å². The van der Waals surface area contributed by atoms with E-state index >= 15 is 0 Å². The molecule has 1 fully saturated rings. The van der Waals surface area contributed by atoms with E-state index in [0.29, 0.717) is 43.1 Å². The van der Waals surface area contributed by atoms with Crippen LogP contribution in [0, 0.1) is 0 Å². The predicted octanol–water partition coefficient (Wildman–Crippen LogP) is 2.93. The normalized spacial score (nSPS) is 20.3. The number of aromatic nitrogens is 4. The standard InChI is InChI=1S/C27H40N8O3/c1-26(2,3)17-7-9-18(10-8-17)32-25(37)33-27(4,5)11-12-34(6)13-20-22(36)19(14-38-20)35-16-31-21-23(28)29-15-30-24(21)35/h7-10,15-16,19-20,22,36H,11-14H2,1-6H3,(H2,28,29,30)(H2,32,33,37). The highest BCUT2D eigenvalue weighted by molar-refractivity contribution is 5.89. The Kier molecular flexibility index (Phi) is 7.91. The molecule has 1 aliphatic rings. The number of anilines is 2. The van der Waals surface area contributed by atoms with Gasteiger partial charge < -0.3 is 35.7 Å². The molecule has 11 nitrogen and oxygen atoms in total. The Morgan fingerprint density at radius 2 is 1.89 bits per heavy atom. The fourth-order valence-corrected chi connectivity index (χ4v) is 4.64. The number of nitrogens with zero attached hydrogens (tertiary/aromatic N) is 5. The first-order chi connectivity index (χ1) is 17.8. The zero-order chi connectivity index (χ0) is 27.7. The van der Waals surface area contributed by atoms with Gasteiger partial charge in [-0.05, 0) is 50.4 Å². The Morgan fingerprint density at radius 3 is 2.58 bits per heavy atom. The van der Waals surface area contributed by atoms with Crippen LogP contribution in [-0.2, 0) is 10.2 Å². The summed E-state index contributed by atoms with van der Waals surface area (Å²) in [6.45, 7) is 12.1. The topological polar surface area (TPSA) is 143 Å². The second-order valence-electron chi connectivity index (χ2n) is 11.8. The third kappa shape index (κ3) is 6.40. The molecule has 3 atom stereocenters. The van der Waals surface area contributed by atoms with Crippen molar-refractivity contribution in [3.63, 3.8) is 0 Å². The molecule has 5 N–H and O–H groups in total. The van der Waals surface area contributed by atoms with Crippen LogP contribution in [0.25, 0.3) is 11.2 Å². The minimum Gasteiger partial charge on any atom is -0.388 e. The second-order valence-corrected chi connectivity index (χ2v) is 11.8. The Hall–Kier alpha value is -3.28. The molecular weight excluding hydrogens is 484 g/mol. The van der Waals surface area contributed by atoms with Crippen LogP contribution >= 0.6 is 0 Å². The average molecular weight is 525 g/mol. The Balaban J connectivity index is 1.25. The second kappa shape index (κ2) is 10.8. The van der Waals surface area contributed by atoms with Crippen LogP contribution in [0.1, 0.15) is 52.6 Å². The minimum absolute atomic E-state index is 0.0621. The number of nitrogen functional groups attached to an aromatic ring is 1. The van der Waals surface area contributed by atoms with Gasteiger partial charge in [-0.1, -0.05) is 32.9 Å². The highest BCUT2D eigenvalue weighted by Gasteiger charge is 2.38. The van der Waals surface area contributed by atoms with Gasteiger partial charge in [-0.25, -0.2) is 19.7 Å². The molecule has 3 aromatic rings. The molecule has 1 aromatic carbocycles. The summed E-state index contributed by atoms with van der Waals surface area (Å²) < 4.78 is 7.75. The van der Waals surface area contributed by atoms with Gasteiger partial charge in [0.05, 0.1) is 25.1 Å². The number of fused-ring (bicyclic) bond motifs is 1. The van der Waals surface area contributed by atoms with Crippen LogP contribution in [0.15, 0.2) is 36.9 Å². The summed E-state index contributed by atoms with van der Waals surface area (Å²) in [5.74, 6) is 0.307. The predicted molar refractivity (Wildman–Crippen MR) is 148 cm³/mol. The number of carbonyl (C=O) groups excluding carboxylic acids is 1. The molecule has 4 rings (SSSR count). The van der Waals surface area contributed by atoms with Crippen molar-refractivity contribution in [2.24, 2.45) is 0 Å². The maximum absolute atomic E-state index is 12.6. The van der Waals surface area contributed by atoms with E-state index in [-0.39, 0.29) is 23.6 Å². The van der Waals surface area contributed by atoms with E-state index in [0.717, 1.165) is 5.69 Å². The van der Waals surface area contributed by atoms with E-state index in [9.17, 15) is 9.90 Å². The van der Waals surface area contributed by atoms with E-state index in [2.05, 4.69) is 51.3 Å². The molecule has 2 aromatic heterocycles. The lowest BCUT2D eigenvalue weighted by atomic mass is 9.87. The van der Waals surface area contributed by atoms with Crippen molar-refractivity contribution in [1.29, 1.82) is 0 Å². The summed E-state index contributed by atoms with van der Waals surface area (Å²) in [5.41, 5.74) is 8.59. The highest BCUT2D eigenvalue weighted by atomic mass is 16.5. The van der Waals surface area contributed by atoms with E-state index in [1.54, 1.807) is 10.9 Å². The van der Waals surface area contributed by atoms with Crippen LogP contribution in [0.3, 0.4) is 0 Å². The van der Waals surface area contributed by atoms with Crippen molar-refractivity contribution in [3.05, 3.63) is 42.5 Å². The largest absolute Gasteiger partial charge is 0.388 e. The fourth-order valence-electron chi connectivity index (χ4n) is 4.64. The molecule has 206 valence electrons. The molecule has 2 amide bonds. The van der Waals surface area contributed by atoms with E-state index in [1.165, 1.54) is 11.9 Å². The van der Waals surface area contributed by atoms with Crippen LogP contribution < -0.4 is 16.4 Å². The van der Waals surface area contributed by atoms with E-state index in [4.69, 9.17) is 10.5 Å². The number of ether oxygens (including phenoxy) is 1. The molecule has 0 radical (unpaired) electrons. The number of aliphatic hydroxyl groups is 1. The number of likely N-dealkylation sites (N-methyl/N-ethyl adjacent to an activating group) is 1. The molecule has 0 saturated carbocycles. The van der Waals surface area contributed by atoms with E-state index in [1.807, 2.05) is 45.2 Å². The number of carbonyl (C=O) groups is 1. The number of aliphatic hydroxyl groups excluding tert-OH is 1. The lowest BCUT2D eigenvalue weighted by Crippen LogP contribution is -2.48. The first-order valence-electron chi connectivity index (χ1n) is 12.9. The fraction of sp³-hybridized carbons (Fsp3) is 0.556. The molecule has 1 saturated heterocycles. The highest BCUT2D eigenvalue weighted by Crippen LogP contribution is 2.29. The molecule has 0 aliphatic carbocycles. The lowest BCUT2D eigenvalue weighted by Gasteiger charge is -2.30. The summed E-state index contributed by atoms with van der Waals surface area (Å²) in [5, 5.41) is 17.0. The van der Waals surface area contributed by atoms with Crippen molar-refractivity contribution in [2.75, 3.05) is 37.8 Å². The molecule has 3 heterocycles. The van der Waals surface area contributed by atoms with Gasteiger partial charge in [0.2, 0.25) is 0 Å². The Labute approximate surface area is 223 Å². The number of nitrogens with one attached hydrogen (secondary N) is 2. The maximum atomic E-state index is 12.6. The quantitative estimate of drug-likeness (QED) is 0.352. The number of benzene rings is 1. The van der Waals surface area contributed by atoms with Crippen LogP contribution in [-0.4, -0.2) is 80.0 Å². The van der Waals surface area contributed by atoms with Crippen molar-refractivity contribution < 1.29 is 14.6 Å². The number of urea groups is 1. The van der Waals surface area contributed by atoms with Crippen molar-refractivity contribution in [1.82, 2.24) is 29.7 Å². The zero-order valence-electron chi connectivity index (χ0n) is 23.1. The van der Waals surface area contributed by atoms with Crippen LogP contribution in [0.4, 0.5) is 16.3 Å². The molecule has 11 heteroatoms. The first-order valence-corrected chi connectivity index (χ1v) is 12.9. The van der Waals surface area contributed by atoms with Gasteiger partial charge in [0, 0.05) is 24.3 Å². The van der Waals surface area contributed by atoms with Crippen molar-refractivity contribution in [2.45, 2.75) is 70.2 Å². The third-order valence-corrected chi connectivity index (χ3v) is 7.07. The molecule has 38 heavy (non-hydrogen) atoms. The van der Waals surface area contributed by atoms with Gasteiger partial charge in [0.15, 0.2) is 11.5 Å². The monoisotopic (exact) mass is 524 g/mol. The maximum Gasteiger partial charge on any atom is 0.319 e. The van der Waals surface area contributed by atoms with E-state index < -0.39 is 11.6 Å². The number of amides is 2. The number of nitrogens with two attached hydrogens (primary N) is 1. The van der Waals surface area contributed by atoms with Gasteiger partial charge in [-0.15, -0.1) is 0 Å². The third-order valence-electron chi connectivity index (χ3n) is 7.07. The summed E-state index contributed by atoms with van der Waals surface area (Å²) in [6.07, 6.45) is 2.64. The first kappa shape index (κ1) is 27.7. The summed E-state index contributed by atoms with van der Waals surface area (Å²) in [7, 11) is 1.98. The minimum atomic E-state index is -0.729. The van der Waals surface area contributed by atoms with Gasteiger partial charge in [0.25, 0.3) is 0 Å². The number of hydrogen-bond donors (Lipinski definition) is 4. The SMILES string of the molecule is CN(CCC(C)(C)NC(=O)Nc1ccc(C(C)(C)C)cc1)CC1OCC(n2cnc3c(N)ncnc32)C1O. The Bertz CT molecular complexity index is 1250. The molecule has 0 bridgehead atoms. The summed E-state index contributed by atoms with van der Waals surface area (Å²) in [6, 6.07) is 7.38. The van der Waals surface area contributed by atoms with Crippen LogP contribution in [0.2, 0.25) is 0 Å². The number of rotatable bonds is 8. The number of hydrogen-bond acceptors (Lipinski definition) is 8. The van der Waals surface area contributed by atoms with Crippen LogP contribution in [0.5, 0.6) is 0 Å². The summed E-state index contributed by atoms with van der Waals surface area (Å²) >= 11 is 0. The summed E-state index contributed by atoms with van der Waals surface area (Å²) in [4.78, 5) is 27.3. The number of imidazole rings is 1. The Morgan fingerprint density at radius 1 is 1.18 bits per heavy atom. The molecule has 3 unspecified atom stereocenters. The van der Waals surface area contributed by atoms with Gasteiger partial charge >= 0.3 is 6.03 Å². The van der Waals surface area contributed by atoms with Crippen molar-refractivity contribution >= 4 is 28.7 Å². The van der Waals surface area contributed by atoms with Crippen molar-refractivity contribution in [3.8, 4) is 0 Å². The van der Waals surface area contributed by atoms with Gasteiger partial charge in [0.1, 0.15) is 17.9 Å². The molecular formula is C27H40N8O3. The smallest absolute Gasteiger partial charge is 0.319 e. The average Bonchev–Trinajstić information content (AvgIpc) is 3.41. The zero-order valence-corrected chi connectivity index (χ0v) is 23.1. The molecule has 1 aliphatic heterocycles.